The van der Waals surface area contributed by atoms with Crippen LogP contribution >= 0.6 is 22.7 Å². The van der Waals surface area contributed by atoms with Crippen molar-refractivity contribution in [1.29, 1.82) is 0 Å². The van der Waals surface area contributed by atoms with Gasteiger partial charge in [-0.2, -0.15) is 0 Å². The standard InChI is InChI=1S/C14H20N2S2/c1-8-6-7-17-13(8)9(2)15-10(3)14-11(4)16-12(5)18-14/h6-7,9-10,15H,1-5H3. The van der Waals surface area contributed by atoms with Gasteiger partial charge in [-0.15, -0.1) is 22.7 Å². The lowest BCUT2D eigenvalue weighted by molar-refractivity contribution is 0.502. The molecule has 2 unspecified atom stereocenters. The second-order valence-corrected chi connectivity index (χ2v) is 6.94. The first-order valence-corrected chi connectivity index (χ1v) is 7.92. The average molecular weight is 280 g/mol. The van der Waals surface area contributed by atoms with Crippen LogP contribution < -0.4 is 5.32 Å². The zero-order valence-electron chi connectivity index (χ0n) is 11.6. The summed E-state index contributed by atoms with van der Waals surface area (Å²) in [6.07, 6.45) is 0. The van der Waals surface area contributed by atoms with Gasteiger partial charge in [0, 0.05) is 21.8 Å². The summed E-state index contributed by atoms with van der Waals surface area (Å²) >= 11 is 3.63. The van der Waals surface area contributed by atoms with Crippen molar-refractivity contribution in [3.63, 3.8) is 0 Å². The lowest BCUT2D eigenvalue weighted by atomic mass is 10.1. The molecule has 18 heavy (non-hydrogen) atoms. The van der Waals surface area contributed by atoms with Crippen LogP contribution in [0.2, 0.25) is 0 Å². The molecule has 4 heteroatoms. The number of aromatic nitrogens is 1. The molecule has 1 N–H and O–H groups in total. The largest absolute Gasteiger partial charge is 0.302 e. The normalized spacial score (nSPS) is 14.7. The summed E-state index contributed by atoms with van der Waals surface area (Å²) in [4.78, 5) is 7.29. The fourth-order valence-electron chi connectivity index (χ4n) is 2.30. The molecule has 0 saturated carbocycles. The van der Waals surface area contributed by atoms with Gasteiger partial charge < -0.3 is 5.32 Å². The summed E-state index contributed by atoms with van der Waals surface area (Å²) in [5, 5.41) is 6.99. The molecule has 0 aliphatic rings. The zero-order chi connectivity index (χ0) is 13.3. The number of aryl methyl sites for hydroxylation is 3. The van der Waals surface area contributed by atoms with Crippen molar-refractivity contribution in [3.8, 4) is 0 Å². The van der Waals surface area contributed by atoms with E-state index in [1.54, 1.807) is 11.3 Å². The van der Waals surface area contributed by atoms with Crippen molar-refractivity contribution >= 4 is 22.7 Å². The van der Waals surface area contributed by atoms with Crippen LogP contribution in [0.4, 0.5) is 0 Å². The highest BCUT2D eigenvalue weighted by molar-refractivity contribution is 7.11. The van der Waals surface area contributed by atoms with Crippen LogP contribution in [0.25, 0.3) is 0 Å². The SMILES string of the molecule is Cc1nc(C)c(C(C)NC(C)c2sccc2C)s1. The number of thiazole rings is 1. The monoisotopic (exact) mass is 280 g/mol. The maximum absolute atomic E-state index is 4.50. The van der Waals surface area contributed by atoms with E-state index < -0.39 is 0 Å². The summed E-state index contributed by atoms with van der Waals surface area (Å²) in [6.45, 7) is 10.8. The van der Waals surface area contributed by atoms with Gasteiger partial charge in [0.1, 0.15) is 0 Å². The summed E-state index contributed by atoms with van der Waals surface area (Å²) in [5.41, 5.74) is 2.54. The highest BCUT2D eigenvalue weighted by atomic mass is 32.1. The molecule has 2 atom stereocenters. The number of hydrogen-bond donors (Lipinski definition) is 1. The minimum Gasteiger partial charge on any atom is -0.302 e. The van der Waals surface area contributed by atoms with Crippen molar-refractivity contribution in [2.24, 2.45) is 0 Å². The van der Waals surface area contributed by atoms with Gasteiger partial charge >= 0.3 is 0 Å². The van der Waals surface area contributed by atoms with Crippen molar-refractivity contribution in [3.05, 3.63) is 37.5 Å². The highest BCUT2D eigenvalue weighted by Crippen LogP contribution is 2.29. The molecule has 2 heterocycles. The molecule has 0 bridgehead atoms. The molecule has 0 fully saturated rings. The Morgan fingerprint density at radius 1 is 1.11 bits per heavy atom. The smallest absolute Gasteiger partial charge is 0.0900 e. The second-order valence-electron chi connectivity index (χ2n) is 4.76. The Kier molecular flexibility index (Phi) is 4.20. The molecule has 98 valence electrons. The molecule has 0 aliphatic carbocycles. The van der Waals surface area contributed by atoms with Crippen LogP contribution in [0.5, 0.6) is 0 Å². The van der Waals surface area contributed by atoms with E-state index in [0.29, 0.717) is 12.1 Å². The molecule has 0 aliphatic heterocycles. The Hall–Kier alpha value is -0.710. The van der Waals surface area contributed by atoms with Gasteiger partial charge in [0.2, 0.25) is 0 Å². The summed E-state index contributed by atoms with van der Waals surface area (Å²) in [6, 6.07) is 2.93. The van der Waals surface area contributed by atoms with Crippen LogP contribution in [0, 0.1) is 20.8 Å². The maximum Gasteiger partial charge on any atom is 0.0900 e. The molecule has 2 aromatic heterocycles. The third kappa shape index (κ3) is 2.82. The van der Waals surface area contributed by atoms with Crippen LogP contribution in [-0.2, 0) is 0 Å². The van der Waals surface area contributed by atoms with Crippen LogP contribution in [0.1, 0.15) is 52.0 Å². The van der Waals surface area contributed by atoms with Crippen LogP contribution in [-0.4, -0.2) is 4.98 Å². The highest BCUT2D eigenvalue weighted by Gasteiger charge is 2.17. The number of thiophene rings is 1. The maximum atomic E-state index is 4.50. The Labute approximate surface area is 117 Å². The van der Waals surface area contributed by atoms with Gasteiger partial charge in [-0.3, -0.25) is 0 Å². The topological polar surface area (TPSA) is 24.9 Å². The van der Waals surface area contributed by atoms with Gasteiger partial charge in [0.05, 0.1) is 10.7 Å². The molecule has 2 rings (SSSR count). The fourth-order valence-corrected chi connectivity index (χ4v) is 4.19. The van der Waals surface area contributed by atoms with Crippen molar-refractivity contribution in [2.75, 3.05) is 0 Å². The van der Waals surface area contributed by atoms with Gasteiger partial charge in [-0.05, 0) is 51.6 Å². The third-order valence-corrected chi connectivity index (χ3v) is 5.58. The summed E-state index contributed by atoms with van der Waals surface area (Å²) < 4.78 is 0. The van der Waals surface area contributed by atoms with E-state index in [1.165, 1.54) is 15.3 Å². The predicted octanol–water partition coefficient (Wildman–Crippen LogP) is 4.54. The zero-order valence-corrected chi connectivity index (χ0v) is 13.2. The van der Waals surface area contributed by atoms with E-state index in [1.807, 2.05) is 11.3 Å². The van der Waals surface area contributed by atoms with Crippen molar-refractivity contribution in [1.82, 2.24) is 10.3 Å². The number of hydrogen-bond acceptors (Lipinski definition) is 4. The Morgan fingerprint density at radius 3 is 2.28 bits per heavy atom. The number of rotatable bonds is 4. The fraction of sp³-hybridized carbons (Fsp3) is 0.500. The van der Waals surface area contributed by atoms with Crippen molar-refractivity contribution in [2.45, 2.75) is 46.7 Å². The van der Waals surface area contributed by atoms with Gasteiger partial charge in [0.25, 0.3) is 0 Å². The Morgan fingerprint density at radius 2 is 1.78 bits per heavy atom. The summed E-state index contributed by atoms with van der Waals surface area (Å²) in [7, 11) is 0. The van der Waals surface area contributed by atoms with E-state index in [0.717, 1.165) is 10.7 Å². The Balaban J connectivity index is 2.10. The number of nitrogens with zero attached hydrogens (tertiary/aromatic N) is 1. The van der Waals surface area contributed by atoms with Gasteiger partial charge in [-0.25, -0.2) is 4.98 Å². The molecule has 0 radical (unpaired) electrons. The quantitative estimate of drug-likeness (QED) is 0.889. The van der Waals surface area contributed by atoms with Gasteiger partial charge in [0.15, 0.2) is 0 Å². The first-order chi connectivity index (χ1) is 8.49. The van der Waals surface area contributed by atoms with E-state index in [9.17, 15) is 0 Å². The van der Waals surface area contributed by atoms with Crippen LogP contribution in [0.15, 0.2) is 11.4 Å². The van der Waals surface area contributed by atoms with E-state index >= 15 is 0 Å². The minimum atomic E-state index is 0.354. The Bertz CT molecular complexity index is 528. The van der Waals surface area contributed by atoms with Gasteiger partial charge in [-0.1, -0.05) is 0 Å². The first-order valence-electron chi connectivity index (χ1n) is 6.23. The lowest BCUT2D eigenvalue weighted by Crippen LogP contribution is -2.22. The van der Waals surface area contributed by atoms with E-state index in [4.69, 9.17) is 0 Å². The molecular formula is C14H20N2S2. The predicted molar refractivity (Wildman–Crippen MR) is 80.6 cm³/mol. The second kappa shape index (κ2) is 5.51. The lowest BCUT2D eigenvalue weighted by Gasteiger charge is -2.19. The first kappa shape index (κ1) is 13.7. The van der Waals surface area contributed by atoms with Crippen molar-refractivity contribution < 1.29 is 0 Å². The molecule has 0 spiro atoms. The summed E-state index contributed by atoms with van der Waals surface area (Å²) in [5.74, 6) is 0. The average Bonchev–Trinajstić information content (AvgIpc) is 2.84. The molecule has 0 amide bonds. The minimum absolute atomic E-state index is 0.354. The molecule has 2 nitrogen and oxygen atoms in total. The third-order valence-electron chi connectivity index (χ3n) is 3.13. The molecule has 2 aromatic rings. The molecule has 0 saturated heterocycles. The molecular weight excluding hydrogens is 260 g/mol. The van der Waals surface area contributed by atoms with E-state index in [-0.39, 0.29) is 0 Å². The molecule has 0 aromatic carbocycles. The van der Waals surface area contributed by atoms with Crippen LogP contribution in [0.3, 0.4) is 0 Å². The van der Waals surface area contributed by atoms with E-state index in [2.05, 4.69) is 56.4 Å². The number of nitrogens with one attached hydrogen (secondary N) is 1.